The molecule has 0 unspecified atom stereocenters. The number of thiocarbonyl (C=S) groups is 1. The molecule has 0 saturated carbocycles. The number of carbonyl (C=O) groups excluding carboxylic acids is 1. The topological polar surface area (TPSA) is 34.0 Å². The molecule has 3 rings (SSSR count). The maximum atomic E-state index is 11.7. The lowest BCUT2D eigenvalue weighted by atomic mass is 10.2. The van der Waals surface area contributed by atoms with Gasteiger partial charge in [0.15, 0.2) is 0 Å². The van der Waals surface area contributed by atoms with E-state index in [1.165, 1.54) is 11.8 Å². The van der Waals surface area contributed by atoms with Crippen molar-refractivity contribution < 1.29 is 4.79 Å². The molecule has 1 saturated heterocycles. The number of hydrogen-bond acceptors (Lipinski definition) is 3. The van der Waals surface area contributed by atoms with Crippen LogP contribution in [-0.4, -0.2) is 14.8 Å². The van der Waals surface area contributed by atoms with Crippen LogP contribution < -0.4 is 5.32 Å². The molecule has 1 N–H and O–H groups in total. The molecule has 0 aliphatic carbocycles. The van der Waals surface area contributed by atoms with Crippen molar-refractivity contribution in [2.24, 2.45) is 0 Å². The Labute approximate surface area is 147 Å². The van der Waals surface area contributed by atoms with E-state index in [1.807, 2.05) is 41.1 Å². The van der Waals surface area contributed by atoms with Crippen molar-refractivity contribution in [2.45, 2.75) is 6.54 Å². The molecule has 2 aromatic rings. The van der Waals surface area contributed by atoms with Gasteiger partial charge in [-0.3, -0.25) is 4.79 Å². The number of benzene rings is 1. The second kappa shape index (κ2) is 6.46. The highest BCUT2D eigenvalue weighted by atomic mass is 35.5. The first kappa shape index (κ1) is 15.6. The number of hydrogen-bond donors (Lipinski definition) is 1. The van der Waals surface area contributed by atoms with Crippen LogP contribution >= 0.6 is 47.2 Å². The van der Waals surface area contributed by atoms with Gasteiger partial charge in [-0.1, -0.05) is 53.2 Å². The van der Waals surface area contributed by atoms with Gasteiger partial charge in [0.25, 0.3) is 5.91 Å². The normalized spacial score (nSPS) is 16.4. The first-order chi connectivity index (χ1) is 10.5. The minimum atomic E-state index is -0.160. The molecule has 0 atom stereocenters. The molecular formula is C15H10Cl2N2OS2. The molecule has 2 heterocycles. The molecule has 1 aromatic heterocycles. The number of thioether (sulfide) groups is 1. The van der Waals surface area contributed by atoms with Gasteiger partial charge in [-0.05, 0) is 35.9 Å². The molecule has 0 bridgehead atoms. The quantitative estimate of drug-likeness (QED) is 0.646. The van der Waals surface area contributed by atoms with Gasteiger partial charge in [-0.25, -0.2) is 0 Å². The van der Waals surface area contributed by atoms with Crippen molar-refractivity contribution in [3.8, 4) is 0 Å². The van der Waals surface area contributed by atoms with E-state index in [2.05, 4.69) is 5.32 Å². The fourth-order valence-corrected chi connectivity index (χ4v) is 3.59. The van der Waals surface area contributed by atoms with Crippen LogP contribution in [0.25, 0.3) is 6.08 Å². The van der Waals surface area contributed by atoms with Crippen molar-refractivity contribution in [3.05, 3.63) is 62.7 Å². The second-order valence-corrected chi connectivity index (χ2v) is 7.21. The summed E-state index contributed by atoms with van der Waals surface area (Å²) in [6.07, 6.45) is 3.76. The molecule has 1 aromatic carbocycles. The highest BCUT2D eigenvalue weighted by Gasteiger charge is 2.22. The summed E-state index contributed by atoms with van der Waals surface area (Å²) >= 11 is 18.4. The summed E-state index contributed by atoms with van der Waals surface area (Å²) in [5.74, 6) is -0.160. The van der Waals surface area contributed by atoms with Gasteiger partial charge in [-0.2, -0.15) is 0 Å². The molecule has 7 heteroatoms. The van der Waals surface area contributed by atoms with Gasteiger partial charge in [0.05, 0.1) is 4.91 Å². The third-order valence-electron chi connectivity index (χ3n) is 3.14. The van der Waals surface area contributed by atoms with E-state index < -0.39 is 0 Å². The van der Waals surface area contributed by atoms with Crippen molar-refractivity contribution in [1.82, 2.24) is 9.88 Å². The van der Waals surface area contributed by atoms with E-state index in [0.29, 0.717) is 25.8 Å². The van der Waals surface area contributed by atoms with Gasteiger partial charge in [0.2, 0.25) is 0 Å². The maximum absolute atomic E-state index is 11.7. The monoisotopic (exact) mass is 368 g/mol. The van der Waals surface area contributed by atoms with E-state index >= 15 is 0 Å². The van der Waals surface area contributed by atoms with Gasteiger partial charge < -0.3 is 9.88 Å². The van der Waals surface area contributed by atoms with Crippen LogP contribution in [0, 0.1) is 0 Å². The Bertz CT molecular complexity index is 799. The minimum Gasteiger partial charge on any atom is -0.343 e. The third-order valence-corrected chi connectivity index (χ3v) is 4.89. The van der Waals surface area contributed by atoms with Gasteiger partial charge >= 0.3 is 0 Å². The summed E-state index contributed by atoms with van der Waals surface area (Å²) in [6.45, 7) is 0.596. The highest BCUT2D eigenvalue weighted by molar-refractivity contribution is 8.26. The first-order valence-corrected chi connectivity index (χ1v) is 8.35. The summed E-state index contributed by atoms with van der Waals surface area (Å²) in [6, 6.07) is 9.29. The Kier molecular flexibility index (Phi) is 4.59. The summed E-state index contributed by atoms with van der Waals surface area (Å²) in [5, 5.41) is 3.83. The number of halogens is 2. The van der Waals surface area contributed by atoms with E-state index in [1.54, 1.807) is 6.07 Å². The summed E-state index contributed by atoms with van der Waals surface area (Å²) < 4.78 is 2.49. The molecule has 0 radical (unpaired) electrons. The number of amides is 1. The predicted molar refractivity (Wildman–Crippen MR) is 96.3 cm³/mol. The molecule has 1 fully saturated rings. The van der Waals surface area contributed by atoms with Crippen LogP contribution in [0.4, 0.5) is 0 Å². The summed E-state index contributed by atoms with van der Waals surface area (Å²) in [7, 11) is 0. The summed E-state index contributed by atoms with van der Waals surface area (Å²) in [5.41, 5.74) is 1.87. The largest absolute Gasteiger partial charge is 0.343 e. The third kappa shape index (κ3) is 3.38. The maximum Gasteiger partial charge on any atom is 0.263 e. The first-order valence-electron chi connectivity index (χ1n) is 6.37. The number of nitrogens with zero attached hydrogens (tertiary/aromatic N) is 1. The van der Waals surface area contributed by atoms with Crippen molar-refractivity contribution >= 4 is 63.5 Å². The fraction of sp³-hybridized carbons (Fsp3) is 0.0667. The zero-order valence-electron chi connectivity index (χ0n) is 11.2. The zero-order valence-corrected chi connectivity index (χ0v) is 14.3. The second-order valence-electron chi connectivity index (χ2n) is 4.65. The molecule has 0 spiro atoms. The number of rotatable bonds is 3. The molecule has 1 aliphatic rings. The van der Waals surface area contributed by atoms with Gasteiger partial charge in [0.1, 0.15) is 4.32 Å². The molecule has 1 amide bonds. The molecule has 22 heavy (non-hydrogen) atoms. The lowest BCUT2D eigenvalue weighted by molar-refractivity contribution is -0.115. The van der Waals surface area contributed by atoms with Gasteiger partial charge in [-0.15, -0.1) is 0 Å². The van der Waals surface area contributed by atoms with Crippen LogP contribution in [0.1, 0.15) is 11.3 Å². The van der Waals surface area contributed by atoms with Crippen LogP contribution in [0.2, 0.25) is 10.0 Å². The Morgan fingerprint density at radius 2 is 2.14 bits per heavy atom. The van der Waals surface area contributed by atoms with Crippen molar-refractivity contribution in [2.75, 3.05) is 0 Å². The van der Waals surface area contributed by atoms with Crippen LogP contribution in [0.5, 0.6) is 0 Å². The predicted octanol–water partition coefficient (Wildman–Crippen LogP) is 4.33. The van der Waals surface area contributed by atoms with Gasteiger partial charge in [0, 0.05) is 28.5 Å². The average molecular weight is 369 g/mol. The Morgan fingerprint density at radius 3 is 2.82 bits per heavy atom. The Hall–Kier alpha value is -1.27. The molecule has 112 valence electrons. The summed E-state index contributed by atoms with van der Waals surface area (Å²) in [4.78, 5) is 12.3. The zero-order chi connectivity index (χ0) is 15.7. The molecule has 1 aliphatic heterocycles. The number of nitrogens with one attached hydrogen (secondary N) is 1. The molecular weight excluding hydrogens is 359 g/mol. The van der Waals surface area contributed by atoms with E-state index in [-0.39, 0.29) is 5.91 Å². The fourth-order valence-electron chi connectivity index (χ4n) is 2.09. The van der Waals surface area contributed by atoms with E-state index in [9.17, 15) is 4.79 Å². The SMILES string of the molecule is O=C1NC(=S)SC1=Cc1cccn1Cc1ccc(Cl)cc1Cl. The number of carbonyl (C=O) groups is 1. The van der Waals surface area contributed by atoms with Crippen LogP contribution in [0.3, 0.4) is 0 Å². The Morgan fingerprint density at radius 1 is 1.32 bits per heavy atom. The number of aromatic nitrogens is 1. The van der Waals surface area contributed by atoms with E-state index in [0.717, 1.165) is 11.3 Å². The highest BCUT2D eigenvalue weighted by Crippen LogP contribution is 2.27. The average Bonchev–Trinajstić information content (AvgIpc) is 3.01. The van der Waals surface area contributed by atoms with Crippen LogP contribution in [-0.2, 0) is 11.3 Å². The van der Waals surface area contributed by atoms with Crippen molar-refractivity contribution in [1.29, 1.82) is 0 Å². The smallest absolute Gasteiger partial charge is 0.263 e. The molecule has 3 nitrogen and oxygen atoms in total. The Balaban J connectivity index is 1.88. The lowest BCUT2D eigenvalue weighted by Gasteiger charge is -2.09. The van der Waals surface area contributed by atoms with Crippen LogP contribution in [0.15, 0.2) is 41.4 Å². The minimum absolute atomic E-state index is 0.160. The van der Waals surface area contributed by atoms with Crippen molar-refractivity contribution in [3.63, 3.8) is 0 Å². The standard InChI is InChI=1S/C15H10Cl2N2OS2/c16-10-4-3-9(12(17)6-10)8-19-5-1-2-11(19)7-13-14(20)18-15(21)22-13/h1-7H,8H2,(H,18,20,21). The lowest BCUT2D eigenvalue weighted by Crippen LogP contribution is -2.17. The van der Waals surface area contributed by atoms with E-state index in [4.69, 9.17) is 35.4 Å².